The lowest BCUT2D eigenvalue weighted by molar-refractivity contribution is -0.110. The summed E-state index contributed by atoms with van der Waals surface area (Å²) in [7, 11) is 0. The fourth-order valence-corrected chi connectivity index (χ4v) is 0.864. The van der Waals surface area contributed by atoms with E-state index in [0.29, 0.717) is 5.75 Å². The van der Waals surface area contributed by atoms with Crippen molar-refractivity contribution in [2.75, 3.05) is 5.75 Å². The summed E-state index contributed by atoms with van der Waals surface area (Å²) >= 11 is 1.19. The van der Waals surface area contributed by atoms with E-state index in [0.717, 1.165) is 6.29 Å². The van der Waals surface area contributed by atoms with Crippen LogP contribution in [-0.2, 0) is 9.59 Å². The van der Waals surface area contributed by atoms with Crippen molar-refractivity contribution in [3.63, 3.8) is 0 Å². The van der Waals surface area contributed by atoms with Crippen LogP contribution in [-0.4, -0.2) is 17.2 Å². The Morgan fingerprint density at radius 1 is 1.78 bits per heavy atom. The van der Waals surface area contributed by atoms with Gasteiger partial charge in [-0.25, -0.2) is 0 Å². The van der Waals surface area contributed by atoms with Crippen LogP contribution in [0.5, 0.6) is 0 Å². The van der Waals surface area contributed by atoms with Gasteiger partial charge in [-0.3, -0.25) is 4.79 Å². The molecule has 52 valence electrons. The number of carbonyl (C=O) groups is 2. The summed E-state index contributed by atoms with van der Waals surface area (Å²) in [5.41, 5.74) is 0. The average molecular weight is 146 g/mol. The Balaban J connectivity index is 3.26. The highest BCUT2D eigenvalue weighted by atomic mass is 32.2. The molecule has 0 aromatic rings. The third-order valence-electron chi connectivity index (χ3n) is 0.782. The smallest absolute Gasteiger partial charge is 0.185 e. The van der Waals surface area contributed by atoms with Crippen molar-refractivity contribution in [3.05, 3.63) is 0 Å². The lowest BCUT2D eigenvalue weighted by Crippen LogP contribution is -2.00. The number of hydrogen-bond acceptors (Lipinski definition) is 3. The molecule has 0 fully saturated rings. The molecule has 9 heavy (non-hydrogen) atoms. The van der Waals surface area contributed by atoms with Gasteiger partial charge in [0.2, 0.25) is 0 Å². The molecule has 0 aromatic carbocycles. The number of thioether (sulfide) groups is 1. The maximum Gasteiger partial charge on any atom is 0.185 e. The first-order valence-electron chi connectivity index (χ1n) is 2.75. The van der Waals surface area contributed by atoms with Crippen molar-refractivity contribution < 1.29 is 9.59 Å². The highest BCUT2D eigenvalue weighted by Crippen LogP contribution is 2.05. The summed E-state index contributed by atoms with van der Waals surface area (Å²) in [6, 6.07) is 0. The van der Waals surface area contributed by atoms with E-state index in [-0.39, 0.29) is 11.0 Å². The first-order valence-corrected chi connectivity index (χ1v) is 3.74. The fraction of sp³-hybridized carbons (Fsp3) is 0.667. The van der Waals surface area contributed by atoms with E-state index in [2.05, 4.69) is 0 Å². The molecule has 2 nitrogen and oxygen atoms in total. The van der Waals surface area contributed by atoms with E-state index in [1.807, 2.05) is 0 Å². The topological polar surface area (TPSA) is 34.1 Å². The molecule has 0 aromatic heterocycles. The number of carbonyl (C=O) groups excluding carboxylic acids is 2. The summed E-state index contributed by atoms with van der Waals surface area (Å²) in [5.74, 6) is 0.609. The zero-order valence-corrected chi connectivity index (χ0v) is 6.40. The molecule has 0 heterocycles. The second-order valence-electron chi connectivity index (χ2n) is 1.92. The van der Waals surface area contributed by atoms with Crippen molar-refractivity contribution in [2.24, 2.45) is 5.92 Å². The molecule has 0 bridgehead atoms. The molecule has 0 amide bonds. The van der Waals surface area contributed by atoms with Crippen LogP contribution >= 0.6 is 11.8 Å². The van der Waals surface area contributed by atoms with Gasteiger partial charge >= 0.3 is 0 Å². The second-order valence-corrected chi connectivity index (χ2v) is 3.11. The molecule has 0 aliphatic carbocycles. The largest absolute Gasteiger partial charge is 0.303 e. The molecule has 0 saturated carbocycles. The highest BCUT2D eigenvalue weighted by molar-refractivity contribution is 8.13. The first kappa shape index (κ1) is 8.69. The van der Waals surface area contributed by atoms with Crippen LogP contribution in [0.25, 0.3) is 0 Å². The van der Waals surface area contributed by atoms with Gasteiger partial charge in [0.05, 0.1) is 0 Å². The van der Waals surface area contributed by atoms with Crippen molar-refractivity contribution in [2.45, 2.75) is 13.8 Å². The minimum Gasteiger partial charge on any atom is -0.303 e. The van der Waals surface area contributed by atoms with Crippen LogP contribution in [0.15, 0.2) is 0 Å². The number of rotatable bonds is 3. The Hall–Kier alpha value is -0.310. The normalized spacial score (nSPS) is 12.7. The summed E-state index contributed by atoms with van der Waals surface area (Å²) in [6.07, 6.45) is 0.857. The SMILES string of the molecule is CC(=O)SC[C@H](C)C=O. The standard InChI is InChI=1S/C6H10O2S/c1-5(3-7)4-9-6(2)8/h3,5H,4H2,1-2H3/t5-/m1/s1. The van der Waals surface area contributed by atoms with Gasteiger partial charge in [-0.1, -0.05) is 18.7 Å². The van der Waals surface area contributed by atoms with Crippen molar-refractivity contribution in [1.82, 2.24) is 0 Å². The van der Waals surface area contributed by atoms with Crippen LogP contribution in [0.2, 0.25) is 0 Å². The van der Waals surface area contributed by atoms with E-state index in [9.17, 15) is 9.59 Å². The highest BCUT2D eigenvalue weighted by Gasteiger charge is 2.00. The van der Waals surface area contributed by atoms with E-state index in [1.165, 1.54) is 18.7 Å². The minimum absolute atomic E-state index is 0.00102. The van der Waals surface area contributed by atoms with Crippen LogP contribution in [0, 0.1) is 5.92 Å². The second kappa shape index (κ2) is 4.56. The Bertz CT molecular complexity index is 112. The molecular formula is C6H10O2S. The zero-order valence-electron chi connectivity index (χ0n) is 5.59. The molecular weight excluding hydrogens is 136 g/mol. The Morgan fingerprint density at radius 3 is 2.67 bits per heavy atom. The summed E-state index contributed by atoms with van der Waals surface area (Å²) < 4.78 is 0. The first-order chi connectivity index (χ1) is 4.16. The molecule has 0 aliphatic rings. The van der Waals surface area contributed by atoms with Gasteiger partial charge in [0, 0.05) is 18.6 Å². The number of aldehydes is 1. The Labute approximate surface area is 59.0 Å². The Morgan fingerprint density at radius 2 is 2.33 bits per heavy atom. The summed E-state index contributed by atoms with van der Waals surface area (Å²) in [5, 5.41) is 0.0729. The van der Waals surface area contributed by atoms with Gasteiger partial charge < -0.3 is 4.79 Å². The van der Waals surface area contributed by atoms with Crippen molar-refractivity contribution >= 4 is 23.2 Å². The lowest BCUT2D eigenvalue weighted by atomic mass is 10.3. The quantitative estimate of drug-likeness (QED) is 0.559. The van der Waals surface area contributed by atoms with Crippen LogP contribution in [0.4, 0.5) is 0 Å². The maximum absolute atomic E-state index is 10.3. The fourth-order valence-electron chi connectivity index (χ4n) is 0.288. The third-order valence-corrected chi connectivity index (χ3v) is 1.88. The Kier molecular flexibility index (Phi) is 4.40. The van der Waals surface area contributed by atoms with E-state index in [1.54, 1.807) is 6.92 Å². The predicted octanol–water partition coefficient (Wildman–Crippen LogP) is 1.10. The summed E-state index contributed by atoms with van der Waals surface area (Å²) in [6.45, 7) is 3.30. The van der Waals surface area contributed by atoms with Gasteiger partial charge in [0.25, 0.3) is 0 Å². The van der Waals surface area contributed by atoms with Crippen LogP contribution < -0.4 is 0 Å². The van der Waals surface area contributed by atoms with Crippen molar-refractivity contribution in [1.29, 1.82) is 0 Å². The van der Waals surface area contributed by atoms with Gasteiger partial charge in [0.1, 0.15) is 6.29 Å². The molecule has 0 spiro atoms. The van der Waals surface area contributed by atoms with Crippen LogP contribution in [0.3, 0.4) is 0 Å². The van der Waals surface area contributed by atoms with Gasteiger partial charge in [-0.15, -0.1) is 0 Å². The predicted molar refractivity (Wildman–Crippen MR) is 38.4 cm³/mol. The lowest BCUT2D eigenvalue weighted by Gasteiger charge is -1.97. The monoisotopic (exact) mass is 146 g/mol. The van der Waals surface area contributed by atoms with Gasteiger partial charge in [-0.05, 0) is 0 Å². The van der Waals surface area contributed by atoms with E-state index in [4.69, 9.17) is 0 Å². The molecule has 1 atom stereocenters. The maximum atomic E-state index is 10.3. The molecule has 0 radical (unpaired) electrons. The number of hydrogen-bond donors (Lipinski definition) is 0. The van der Waals surface area contributed by atoms with Gasteiger partial charge in [-0.2, -0.15) is 0 Å². The molecule has 0 unspecified atom stereocenters. The van der Waals surface area contributed by atoms with Crippen LogP contribution in [0.1, 0.15) is 13.8 Å². The molecule has 0 aliphatic heterocycles. The minimum atomic E-state index is -0.00102. The van der Waals surface area contributed by atoms with E-state index < -0.39 is 0 Å². The third kappa shape index (κ3) is 5.56. The molecule has 0 rings (SSSR count). The molecule has 0 N–H and O–H groups in total. The summed E-state index contributed by atoms with van der Waals surface area (Å²) in [4.78, 5) is 20.3. The zero-order chi connectivity index (χ0) is 7.28. The molecule has 0 saturated heterocycles. The van der Waals surface area contributed by atoms with E-state index >= 15 is 0 Å². The molecule has 3 heteroatoms. The van der Waals surface area contributed by atoms with Crippen molar-refractivity contribution in [3.8, 4) is 0 Å². The van der Waals surface area contributed by atoms with Gasteiger partial charge in [0.15, 0.2) is 5.12 Å². The average Bonchev–Trinajstić information content (AvgIpc) is 1.83.